The molecule has 5 heteroatoms. The molecule has 0 saturated carbocycles. The summed E-state index contributed by atoms with van der Waals surface area (Å²) in [6, 6.07) is 7.66. The summed E-state index contributed by atoms with van der Waals surface area (Å²) in [5, 5.41) is 0.427. The number of nitrogens with zero attached hydrogens (tertiary/aromatic N) is 1. The second-order valence-corrected chi connectivity index (χ2v) is 3.87. The van der Waals surface area contributed by atoms with Gasteiger partial charge in [0.25, 0.3) is 0 Å². The molecule has 1 aromatic carbocycles. The van der Waals surface area contributed by atoms with E-state index in [1.54, 1.807) is 0 Å². The zero-order valence-electron chi connectivity index (χ0n) is 9.53. The van der Waals surface area contributed by atoms with Crippen molar-refractivity contribution in [1.29, 1.82) is 0 Å². The van der Waals surface area contributed by atoms with E-state index in [0.717, 1.165) is 22.8 Å². The molecule has 0 spiro atoms. The van der Waals surface area contributed by atoms with Gasteiger partial charge in [0.2, 0.25) is 0 Å². The van der Waals surface area contributed by atoms with Crippen LogP contribution in [-0.2, 0) is 6.54 Å². The topological polar surface area (TPSA) is 63.9 Å². The molecular weight excluding hydrogens is 238 g/mol. The average Bonchev–Trinajstić information content (AvgIpc) is 2.72. The summed E-state index contributed by atoms with van der Waals surface area (Å²) in [4.78, 5) is 7.31. The predicted octanol–water partition coefficient (Wildman–Crippen LogP) is 2.59. The van der Waals surface area contributed by atoms with E-state index in [4.69, 9.17) is 22.1 Å². The Kier molecular flexibility index (Phi) is 3.66. The lowest BCUT2D eigenvalue weighted by atomic mass is 10.2. The first-order chi connectivity index (χ1) is 8.24. The van der Waals surface area contributed by atoms with E-state index in [2.05, 4.69) is 9.97 Å². The third-order valence-electron chi connectivity index (χ3n) is 2.37. The van der Waals surface area contributed by atoms with E-state index < -0.39 is 0 Å². The number of nitrogens with one attached hydrogen (secondary N) is 1. The van der Waals surface area contributed by atoms with E-state index >= 15 is 0 Å². The maximum atomic E-state index is 5.93. The molecular formula is C12H14ClN3O. The van der Waals surface area contributed by atoms with Gasteiger partial charge in [-0.2, -0.15) is 0 Å². The van der Waals surface area contributed by atoms with Crippen molar-refractivity contribution < 1.29 is 4.74 Å². The normalized spacial score (nSPS) is 10.5. The number of halogens is 1. The predicted molar refractivity (Wildman–Crippen MR) is 68.1 cm³/mol. The lowest BCUT2D eigenvalue weighted by Crippen LogP contribution is -1.96. The SMILES string of the molecule is CCOc1ccc(-c2nc(Cl)c(CN)[nH]2)cc1. The van der Waals surface area contributed by atoms with E-state index in [-0.39, 0.29) is 0 Å². The van der Waals surface area contributed by atoms with Crippen molar-refractivity contribution in [3.63, 3.8) is 0 Å². The van der Waals surface area contributed by atoms with Crippen LogP contribution in [0.2, 0.25) is 5.15 Å². The number of hydrogen-bond donors (Lipinski definition) is 2. The van der Waals surface area contributed by atoms with Crippen LogP contribution in [-0.4, -0.2) is 16.6 Å². The van der Waals surface area contributed by atoms with E-state index in [1.807, 2.05) is 31.2 Å². The molecule has 0 amide bonds. The molecule has 0 aliphatic carbocycles. The summed E-state index contributed by atoms with van der Waals surface area (Å²) in [6.07, 6.45) is 0. The number of aromatic nitrogens is 2. The highest BCUT2D eigenvalue weighted by Crippen LogP contribution is 2.23. The molecule has 0 bridgehead atoms. The molecule has 0 saturated heterocycles. The first-order valence-corrected chi connectivity index (χ1v) is 5.80. The Hall–Kier alpha value is -1.52. The quantitative estimate of drug-likeness (QED) is 0.878. The van der Waals surface area contributed by atoms with Crippen LogP contribution in [0.5, 0.6) is 5.75 Å². The highest BCUT2D eigenvalue weighted by atomic mass is 35.5. The molecule has 0 atom stereocenters. The summed E-state index contributed by atoms with van der Waals surface area (Å²) in [5.74, 6) is 1.56. The number of ether oxygens (including phenoxy) is 1. The number of aromatic amines is 1. The van der Waals surface area contributed by atoms with E-state index in [1.165, 1.54) is 0 Å². The van der Waals surface area contributed by atoms with Gasteiger partial charge in [-0.3, -0.25) is 0 Å². The van der Waals surface area contributed by atoms with Crippen LogP contribution < -0.4 is 10.5 Å². The second kappa shape index (κ2) is 5.21. The van der Waals surface area contributed by atoms with Crippen molar-refractivity contribution in [1.82, 2.24) is 9.97 Å². The monoisotopic (exact) mass is 251 g/mol. The molecule has 90 valence electrons. The van der Waals surface area contributed by atoms with E-state index in [0.29, 0.717) is 18.3 Å². The molecule has 0 aliphatic heterocycles. The number of benzene rings is 1. The number of H-pyrrole nitrogens is 1. The van der Waals surface area contributed by atoms with Gasteiger partial charge in [0, 0.05) is 12.1 Å². The highest BCUT2D eigenvalue weighted by molar-refractivity contribution is 6.30. The van der Waals surface area contributed by atoms with Gasteiger partial charge < -0.3 is 15.5 Å². The summed E-state index contributed by atoms with van der Waals surface area (Å²) in [7, 11) is 0. The Labute approximate surface area is 105 Å². The number of hydrogen-bond acceptors (Lipinski definition) is 3. The van der Waals surface area contributed by atoms with Crippen molar-refractivity contribution in [2.45, 2.75) is 13.5 Å². The number of imidazole rings is 1. The fourth-order valence-electron chi connectivity index (χ4n) is 1.54. The van der Waals surface area contributed by atoms with Gasteiger partial charge in [-0.1, -0.05) is 11.6 Å². The molecule has 2 aromatic rings. The third kappa shape index (κ3) is 2.60. The minimum absolute atomic E-state index is 0.350. The Balaban J connectivity index is 2.26. The molecule has 17 heavy (non-hydrogen) atoms. The second-order valence-electron chi connectivity index (χ2n) is 3.52. The number of rotatable bonds is 4. The van der Waals surface area contributed by atoms with Crippen LogP contribution in [0.1, 0.15) is 12.6 Å². The Bertz CT molecular complexity index is 493. The van der Waals surface area contributed by atoms with Gasteiger partial charge >= 0.3 is 0 Å². The Morgan fingerprint density at radius 2 is 2.06 bits per heavy atom. The van der Waals surface area contributed by atoms with Crippen LogP contribution in [0.4, 0.5) is 0 Å². The Morgan fingerprint density at radius 3 is 2.59 bits per heavy atom. The van der Waals surface area contributed by atoms with Crippen molar-refractivity contribution in [3.05, 3.63) is 35.1 Å². The average molecular weight is 252 g/mol. The molecule has 2 rings (SSSR count). The lowest BCUT2D eigenvalue weighted by molar-refractivity contribution is 0.340. The smallest absolute Gasteiger partial charge is 0.152 e. The zero-order chi connectivity index (χ0) is 12.3. The minimum atomic E-state index is 0.350. The lowest BCUT2D eigenvalue weighted by Gasteiger charge is -2.03. The van der Waals surface area contributed by atoms with Crippen LogP contribution in [0.15, 0.2) is 24.3 Å². The van der Waals surface area contributed by atoms with Crippen molar-refractivity contribution in [3.8, 4) is 17.1 Å². The first-order valence-electron chi connectivity index (χ1n) is 5.42. The van der Waals surface area contributed by atoms with Crippen molar-refractivity contribution in [2.24, 2.45) is 5.73 Å². The summed E-state index contributed by atoms with van der Waals surface area (Å²) >= 11 is 5.93. The first kappa shape index (κ1) is 12.0. The van der Waals surface area contributed by atoms with Crippen molar-refractivity contribution >= 4 is 11.6 Å². The molecule has 0 unspecified atom stereocenters. The van der Waals surface area contributed by atoms with Gasteiger partial charge in [-0.25, -0.2) is 4.98 Å². The molecule has 3 N–H and O–H groups in total. The van der Waals surface area contributed by atoms with Gasteiger partial charge in [0.15, 0.2) is 5.15 Å². The summed E-state index contributed by atoms with van der Waals surface area (Å²) in [6.45, 7) is 2.96. The molecule has 0 radical (unpaired) electrons. The largest absolute Gasteiger partial charge is 0.494 e. The zero-order valence-corrected chi connectivity index (χ0v) is 10.3. The third-order valence-corrected chi connectivity index (χ3v) is 2.68. The molecule has 1 heterocycles. The number of nitrogens with two attached hydrogens (primary N) is 1. The fourth-order valence-corrected chi connectivity index (χ4v) is 1.74. The minimum Gasteiger partial charge on any atom is -0.494 e. The van der Waals surface area contributed by atoms with E-state index in [9.17, 15) is 0 Å². The van der Waals surface area contributed by atoms with Gasteiger partial charge in [0.05, 0.1) is 12.3 Å². The Morgan fingerprint density at radius 1 is 1.35 bits per heavy atom. The molecule has 0 fully saturated rings. The highest BCUT2D eigenvalue weighted by Gasteiger charge is 2.08. The van der Waals surface area contributed by atoms with Crippen LogP contribution in [0.25, 0.3) is 11.4 Å². The molecule has 1 aromatic heterocycles. The maximum absolute atomic E-state index is 5.93. The fraction of sp³-hybridized carbons (Fsp3) is 0.250. The van der Waals surface area contributed by atoms with Crippen LogP contribution >= 0.6 is 11.6 Å². The standard InChI is InChI=1S/C12H14ClN3O/c1-2-17-9-5-3-8(4-6-9)12-15-10(7-14)11(13)16-12/h3-6H,2,7,14H2,1H3,(H,15,16). The van der Waals surface area contributed by atoms with Crippen molar-refractivity contribution in [2.75, 3.05) is 6.61 Å². The van der Waals surface area contributed by atoms with Crippen LogP contribution in [0.3, 0.4) is 0 Å². The molecule has 0 aliphatic rings. The van der Waals surface area contributed by atoms with Gasteiger partial charge in [0.1, 0.15) is 11.6 Å². The summed E-state index contributed by atoms with van der Waals surface area (Å²) in [5.41, 5.74) is 7.23. The van der Waals surface area contributed by atoms with Gasteiger partial charge in [-0.05, 0) is 31.2 Å². The van der Waals surface area contributed by atoms with Crippen LogP contribution in [0, 0.1) is 0 Å². The summed E-state index contributed by atoms with van der Waals surface area (Å²) < 4.78 is 5.37. The molecule has 4 nitrogen and oxygen atoms in total. The van der Waals surface area contributed by atoms with Gasteiger partial charge in [-0.15, -0.1) is 0 Å². The maximum Gasteiger partial charge on any atom is 0.152 e.